The van der Waals surface area contributed by atoms with E-state index in [2.05, 4.69) is 39.2 Å². The van der Waals surface area contributed by atoms with Crippen molar-refractivity contribution < 1.29 is 14.0 Å². The van der Waals surface area contributed by atoms with E-state index in [9.17, 15) is 0 Å². The average Bonchev–Trinajstić information content (AvgIpc) is 3.62. The Labute approximate surface area is 187 Å². The molecular weight excluding hydrogens is 404 g/mol. The fourth-order valence-electron chi connectivity index (χ4n) is 3.92. The first-order valence-electron chi connectivity index (χ1n) is 11.2. The lowest BCUT2D eigenvalue weighted by molar-refractivity contribution is 0.0819. The van der Waals surface area contributed by atoms with Crippen LogP contribution in [0, 0.1) is 6.92 Å². The zero-order chi connectivity index (χ0) is 21.9. The van der Waals surface area contributed by atoms with Crippen LogP contribution in [0.5, 0.6) is 5.88 Å². The molecule has 1 N–H and O–H groups in total. The lowest BCUT2D eigenvalue weighted by Gasteiger charge is -2.25. The minimum atomic E-state index is 0.322. The molecular formula is C25H28N4O3. The molecule has 2 fully saturated rings. The third-order valence-corrected chi connectivity index (χ3v) is 6.09. The van der Waals surface area contributed by atoms with Gasteiger partial charge in [0.25, 0.3) is 0 Å². The number of pyridine rings is 2. The van der Waals surface area contributed by atoms with Crippen LogP contribution < -0.4 is 10.1 Å². The molecule has 0 bridgehead atoms. The Morgan fingerprint density at radius 2 is 1.94 bits per heavy atom. The highest BCUT2D eigenvalue weighted by Gasteiger charge is 2.25. The van der Waals surface area contributed by atoms with E-state index in [1.54, 1.807) is 6.20 Å². The smallest absolute Gasteiger partial charge is 0.213 e. The monoisotopic (exact) mass is 432 g/mol. The quantitative estimate of drug-likeness (QED) is 0.555. The zero-order valence-electron chi connectivity index (χ0n) is 18.3. The lowest BCUT2D eigenvalue weighted by Crippen LogP contribution is -2.33. The Bertz CT molecular complexity index is 1070. The van der Waals surface area contributed by atoms with Gasteiger partial charge < -0.3 is 19.3 Å². The van der Waals surface area contributed by atoms with Crippen LogP contribution >= 0.6 is 0 Å². The number of ether oxygens (including phenoxy) is 2. The number of rotatable bonds is 8. The van der Waals surface area contributed by atoms with E-state index in [0.29, 0.717) is 24.4 Å². The Balaban J connectivity index is 1.22. The fourth-order valence-corrected chi connectivity index (χ4v) is 3.92. The molecule has 1 aliphatic carbocycles. The minimum Gasteiger partial charge on any atom is -0.473 e. The second-order valence-electron chi connectivity index (χ2n) is 8.50. The van der Waals surface area contributed by atoms with Gasteiger partial charge in [0.1, 0.15) is 18.1 Å². The Hall–Kier alpha value is -3.19. The van der Waals surface area contributed by atoms with Crippen molar-refractivity contribution in [1.82, 2.24) is 20.4 Å². The van der Waals surface area contributed by atoms with Gasteiger partial charge in [0.15, 0.2) is 0 Å². The number of nitrogens with zero attached hydrogens (tertiary/aromatic N) is 3. The summed E-state index contributed by atoms with van der Waals surface area (Å²) in [5, 5.41) is 7.71. The van der Waals surface area contributed by atoms with Crippen molar-refractivity contribution in [3.63, 3.8) is 0 Å². The summed E-state index contributed by atoms with van der Waals surface area (Å²) in [6.07, 6.45) is 8.11. The van der Waals surface area contributed by atoms with E-state index >= 15 is 0 Å². The van der Waals surface area contributed by atoms with Gasteiger partial charge in [-0.3, -0.25) is 4.98 Å². The number of aromatic nitrogens is 3. The summed E-state index contributed by atoms with van der Waals surface area (Å²) in [4.78, 5) is 9.05. The summed E-state index contributed by atoms with van der Waals surface area (Å²) in [5.41, 5.74) is 5.58. The predicted molar refractivity (Wildman–Crippen MR) is 121 cm³/mol. The predicted octanol–water partition coefficient (Wildman–Crippen LogP) is 4.64. The van der Waals surface area contributed by atoms with E-state index in [1.165, 1.54) is 12.8 Å². The molecule has 0 unspecified atom stereocenters. The van der Waals surface area contributed by atoms with Gasteiger partial charge in [-0.2, -0.15) is 0 Å². The van der Waals surface area contributed by atoms with Crippen molar-refractivity contribution in [2.24, 2.45) is 0 Å². The lowest BCUT2D eigenvalue weighted by atomic mass is 10.1. The highest BCUT2D eigenvalue weighted by molar-refractivity contribution is 5.63. The summed E-state index contributed by atoms with van der Waals surface area (Å²) in [6.45, 7) is 7.95. The molecule has 1 saturated heterocycles. The van der Waals surface area contributed by atoms with Gasteiger partial charge >= 0.3 is 0 Å². The Kier molecular flexibility index (Phi) is 5.90. The Morgan fingerprint density at radius 3 is 2.62 bits per heavy atom. The normalized spacial score (nSPS) is 16.7. The molecule has 3 aromatic heterocycles. The zero-order valence-corrected chi connectivity index (χ0v) is 18.3. The molecule has 1 saturated carbocycles. The van der Waals surface area contributed by atoms with Crippen LogP contribution in [-0.2, 0) is 11.3 Å². The molecule has 3 aromatic rings. The highest BCUT2D eigenvalue weighted by Crippen LogP contribution is 2.39. The summed E-state index contributed by atoms with van der Waals surface area (Å²) in [5.74, 6) is 1.90. The molecule has 7 nitrogen and oxygen atoms in total. The van der Waals surface area contributed by atoms with Crippen molar-refractivity contribution in [2.45, 2.75) is 51.2 Å². The summed E-state index contributed by atoms with van der Waals surface area (Å²) in [7, 11) is 0. The van der Waals surface area contributed by atoms with E-state index in [1.807, 2.05) is 25.3 Å². The van der Waals surface area contributed by atoms with Crippen LogP contribution in [0.25, 0.3) is 17.0 Å². The van der Waals surface area contributed by atoms with Gasteiger partial charge in [-0.1, -0.05) is 11.7 Å². The van der Waals surface area contributed by atoms with Crippen LogP contribution in [0.4, 0.5) is 0 Å². The van der Waals surface area contributed by atoms with E-state index in [-0.39, 0.29) is 0 Å². The molecule has 0 amide bonds. The molecule has 0 aromatic carbocycles. The molecule has 0 atom stereocenters. The number of nitrogens with one attached hydrogen (secondary N) is 1. The average molecular weight is 433 g/mol. The minimum absolute atomic E-state index is 0.322. The third kappa shape index (κ3) is 4.67. The van der Waals surface area contributed by atoms with Gasteiger partial charge in [0, 0.05) is 66.2 Å². The molecule has 4 heterocycles. The molecule has 2 aliphatic rings. The standard InChI is InChI=1S/C25H28N4O3/c1-16(28-21-9-11-30-12-10-21)19-6-8-24(27-13-19)31-15-22-17(2)32-29-25(22)20-5-7-23(26-14-20)18-3-4-18/h5-8,13-14,18,21,28H,1,3-4,9-12,15H2,2H3. The van der Waals surface area contributed by atoms with Crippen molar-refractivity contribution in [3.8, 4) is 17.1 Å². The van der Waals surface area contributed by atoms with Gasteiger partial charge in [-0.15, -0.1) is 0 Å². The molecule has 166 valence electrons. The second-order valence-corrected chi connectivity index (χ2v) is 8.50. The largest absolute Gasteiger partial charge is 0.473 e. The molecule has 0 radical (unpaired) electrons. The molecule has 0 spiro atoms. The fraction of sp³-hybridized carbons (Fsp3) is 0.400. The topological polar surface area (TPSA) is 82.3 Å². The van der Waals surface area contributed by atoms with Crippen LogP contribution in [0.3, 0.4) is 0 Å². The van der Waals surface area contributed by atoms with Gasteiger partial charge in [-0.05, 0) is 50.8 Å². The van der Waals surface area contributed by atoms with Crippen LogP contribution in [-0.4, -0.2) is 34.4 Å². The van der Waals surface area contributed by atoms with Gasteiger partial charge in [0.2, 0.25) is 5.88 Å². The van der Waals surface area contributed by atoms with Crippen molar-refractivity contribution in [3.05, 3.63) is 65.8 Å². The SMILES string of the molecule is C=C(NC1CCOCC1)c1ccc(OCc2c(-c3ccc(C4CC4)nc3)noc2C)nc1. The van der Waals surface area contributed by atoms with Crippen LogP contribution in [0.15, 0.2) is 47.8 Å². The maximum atomic E-state index is 5.95. The van der Waals surface area contributed by atoms with Crippen molar-refractivity contribution in [1.29, 1.82) is 0 Å². The molecule has 5 rings (SSSR count). The summed E-state index contributed by atoms with van der Waals surface area (Å²) in [6, 6.07) is 8.38. The maximum absolute atomic E-state index is 5.95. The first-order chi connectivity index (χ1) is 15.7. The number of hydrogen-bond donors (Lipinski definition) is 1. The van der Waals surface area contributed by atoms with Crippen LogP contribution in [0.1, 0.15) is 54.2 Å². The van der Waals surface area contributed by atoms with Crippen molar-refractivity contribution >= 4 is 5.70 Å². The summed E-state index contributed by atoms with van der Waals surface area (Å²) < 4.78 is 16.8. The van der Waals surface area contributed by atoms with E-state index in [4.69, 9.17) is 14.0 Å². The first-order valence-corrected chi connectivity index (χ1v) is 11.2. The number of hydrogen-bond acceptors (Lipinski definition) is 7. The number of aryl methyl sites for hydroxylation is 1. The Morgan fingerprint density at radius 1 is 1.09 bits per heavy atom. The maximum Gasteiger partial charge on any atom is 0.213 e. The van der Waals surface area contributed by atoms with Gasteiger partial charge in [-0.25, -0.2) is 4.98 Å². The van der Waals surface area contributed by atoms with Crippen molar-refractivity contribution in [2.75, 3.05) is 13.2 Å². The molecule has 1 aliphatic heterocycles. The van der Waals surface area contributed by atoms with E-state index < -0.39 is 0 Å². The highest BCUT2D eigenvalue weighted by atomic mass is 16.5. The van der Waals surface area contributed by atoms with Gasteiger partial charge in [0.05, 0.1) is 5.56 Å². The first kappa shape index (κ1) is 20.7. The van der Waals surface area contributed by atoms with Crippen LogP contribution in [0.2, 0.25) is 0 Å². The van der Waals surface area contributed by atoms with E-state index in [0.717, 1.165) is 65.6 Å². The molecule has 7 heteroatoms. The second kappa shape index (κ2) is 9.12. The molecule has 32 heavy (non-hydrogen) atoms. The third-order valence-electron chi connectivity index (χ3n) is 6.09. The summed E-state index contributed by atoms with van der Waals surface area (Å²) >= 11 is 0.